The molecule has 0 amide bonds. The van der Waals surface area contributed by atoms with Gasteiger partial charge < -0.3 is 19.7 Å². The van der Waals surface area contributed by atoms with Crippen LogP contribution in [-0.4, -0.2) is 50.5 Å². The molecular formula is C12H16ClN3O2. The second-order valence-electron chi connectivity index (χ2n) is 4.63. The number of hydrogen-bond donors (Lipinski definition) is 1. The van der Waals surface area contributed by atoms with Gasteiger partial charge in [-0.15, -0.1) is 0 Å². The van der Waals surface area contributed by atoms with E-state index in [1.54, 1.807) is 13.3 Å². The zero-order valence-electron chi connectivity index (χ0n) is 10.2. The molecule has 98 valence electrons. The lowest BCUT2D eigenvalue weighted by atomic mass is 10.1. The average Bonchev–Trinajstić information content (AvgIpc) is 2.39. The molecule has 0 spiro atoms. The predicted octanol–water partition coefficient (Wildman–Crippen LogP) is 0.921. The molecule has 1 aromatic rings. The van der Waals surface area contributed by atoms with Crippen LogP contribution in [0.4, 0.5) is 5.69 Å². The van der Waals surface area contributed by atoms with Crippen molar-refractivity contribution < 1.29 is 9.47 Å². The van der Waals surface area contributed by atoms with E-state index < -0.39 is 0 Å². The number of hydrogen-bond acceptors (Lipinski definition) is 5. The fourth-order valence-corrected chi connectivity index (χ4v) is 2.68. The number of morpholine rings is 2. The molecule has 2 saturated heterocycles. The first-order valence-corrected chi connectivity index (χ1v) is 6.44. The quantitative estimate of drug-likeness (QED) is 0.809. The van der Waals surface area contributed by atoms with E-state index in [1.807, 2.05) is 6.07 Å². The van der Waals surface area contributed by atoms with Crippen molar-refractivity contribution in [3.05, 3.63) is 17.4 Å². The molecule has 0 aromatic carbocycles. The van der Waals surface area contributed by atoms with Crippen molar-refractivity contribution >= 4 is 17.3 Å². The maximum absolute atomic E-state index is 5.94. The van der Waals surface area contributed by atoms with Gasteiger partial charge in [-0.1, -0.05) is 11.6 Å². The SMILES string of the molecule is COc1cc(N2CC3CNCC(C2)O3)cnc1Cl. The van der Waals surface area contributed by atoms with E-state index in [2.05, 4.69) is 15.2 Å². The van der Waals surface area contributed by atoms with Crippen molar-refractivity contribution in [3.8, 4) is 5.75 Å². The van der Waals surface area contributed by atoms with Gasteiger partial charge in [0.25, 0.3) is 0 Å². The lowest BCUT2D eigenvalue weighted by molar-refractivity contribution is -0.0484. The molecule has 0 saturated carbocycles. The first-order valence-electron chi connectivity index (χ1n) is 6.07. The van der Waals surface area contributed by atoms with Gasteiger partial charge in [0.05, 0.1) is 31.2 Å². The van der Waals surface area contributed by atoms with Gasteiger partial charge >= 0.3 is 0 Å². The Labute approximate surface area is 111 Å². The molecule has 18 heavy (non-hydrogen) atoms. The van der Waals surface area contributed by atoms with Crippen LogP contribution in [0, 0.1) is 0 Å². The van der Waals surface area contributed by atoms with E-state index in [0.29, 0.717) is 10.9 Å². The van der Waals surface area contributed by atoms with Gasteiger partial charge in [-0.25, -0.2) is 4.98 Å². The molecule has 6 heteroatoms. The van der Waals surface area contributed by atoms with Gasteiger partial charge in [-0.05, 0) is 0 Å². The van der Waals surface area contributed by atoms with Crippen molar-refractivity contribution in [2.24, 2.45) is 0 Å². The Bertz CT molecular complexity index is 431. The minimum absolute atomic E-state index is 0.249. The van der Waals surface area contributed by atoms with E-state index in [9.17, 15) is 0 Å². The predicted molar refractivity (Wildman–Crippen MR) is 69.5 cm³/mol. The molecule has 2 fully saturated rings. The zero-order chi connectivity index (χ0) is 12.5. The van der Waals surface area contributed by atoms with Crippen molar-refractivity contribution in [3.63, 3.8) is 0 Å². The minimum atomic E-state index is 0.249. The number of ether oxygens (including phenoxy) is 2. The highest BCUT2D eigenvalue weighted by atomic mass is 35.5. The first-order chi connectivity index (χ1) is 8.76. The Hall–Kier alpha value is -1.04. The smallest absolute Gasteiger partial charge is 0.171 e. The molecule has 1 aromatic heterocycles. The van der Waals surface area contributed by atoms with Crippen molar-refractivity contribution in [1.29, 1.82) is 0 Å². The van der Waals surface area contributed by atoms with Gasteiger partial charge in [0.1, 0.15) is 0 Å². The molecule has 2 bridgehead atoms. The van der Waals surface area contributed by atoms with Gasteiger partial charge in [-0.3, -0.25) is 0 Å². The number of halogens is 1. The summed E-state index contributed by atoms with van der Waals surface area (Å²) in [6.45, 7) is 3.56. The number of pyridine rings is 1. The summed E-state index contributed by atoms with van der Waals surface area (Å²) >= 11 is 5.94. The van der Waals surface area contributed by atoms with Crippen LogP contribution in [0.25, 0.3) is 0 Å². The number of anilines is 1. The summed E-state index contributed by atoms with van der Waals surface area (Å²) in [5.41, 5.74) is 1.04. The lowest BCUT2D eigenvalue weighted by Crippen LogP contribution is -2.58. The van der Waals surface area contributed by atoms with E-state index in [0.717, 1.165) is 31.9 Å². The fraction of sp³-hybridized carbons (Fsp3) is 0.583. The highest BCUT2D eigenvalue weighted by Crippen LogP contribution is 2.28. The molecule has 2 unspecified atom stereocenters. The van der Waals surface area contributed by atoms with Gasteiger partial charge in [0, 0.05) is 32.2 Å². The first kappa shape index (κ1) is 12.0. The summed E-state index contributed by atoms with van der Waals surface area (Å²) in [6.07, 6.45) is 2.29. The van der Waals surface area contributed by atoms with Crippen LogP contribution in [0.1, 0.15) is 0 Å². The van der Waals surface area contributed by atoms with Gasteiger partial charge in [-0.2, -0.15) is 0 Å². The third-order valence-electron chi connectivity index (χ3n) is 3.35. The van der Waals surface area contributed by atoms with E-state index in [-0.39, 0.29) is 12.2 Å². The lowest BCUT2D eigenvalue weighted by Gasteiger charge is -2.42. The average molecular weight is 270 g/mol. The highest BCUT2D eigenvalue weighted by Gasteiger charge is 2.31. The molecular weight excluding hydrogens is 254 g/mol. The number of rotatable bonds is 2. The number of methoxy groups -OCH3 is 1. The molecule has 3 heterocycles. The fourth-order valence-electron chi connectivity index (χ4n) is 2.50. The highest BCUT2D eigenvalue weighted by molar-refractivity contribution is 6.30. The molecule has 5 nitrogen and oxygen atoms in total. The van der Waals surface area contributed by atoms with Crippen LogP contribution in [-0.2, 0) is 4.74 Å². The molecule has 2 aliphatic rings. The topological polar surface area (TPSA) is 46.6 Å². The molecule has 1 N–H and O–H groups in total. The maximum atomic E-state index is 5.94. The number of fused-ring (bicyclic) bond motifs is 2. The third kappa shape index (κ3) is 2.25. The normalized spacial score (nSPS) is 27.1. The molecule has 0 radical (unpaired) electrons. The maximum Gasteiger partial charge on any atom is 0.171 e. The van der Waals surface area contributed by atoms with Gasteiger partial charge in [0.15, 0.2) is 10.9 Å². The van der Waals surface area contributed by atoms with Crippen molar-refractivity contribution in [2.45, 2.75) is 12.2 Å². The largest absolute Gasteiger partial charge is 0.493 e. The Balaban J connectivity index is 1.82. The number of nitrogens with one attached hydrogen (secondary N) is 1. The summed E-state index contributed by atoms with van der Waals surface area (Å²) in [5, 5.41) is 3.78. The third-order valence-corrected chi connectivity index (χ3v) is 3.64. The number of nitrogens with zero attached hydrogens (tertiary/aromatic N) is 2. The Morgan fingerprint density at radius 2 is 2.17 bits per heavy atom. The van der Waals surface area contributed by atoms with Gasteiger partial charge in [0.2, 0.25) is 0 Å². The summed E-state index contributed by atoms with van der Waals surface area (Å²) in [5.74, 6) is 0.615. The Morgan fingerprint density at radius 1 is 1.44 bits per heavy atom. The monoisotopic (exact) mass is 269 g/mol. The van der Waals surface area contributed by atoms with E-state index in [1.165, 1.54) is 0 Å². The number of aromatic nitrogens is 1. The van der Waals surface area contributed by atoms with E-state index in [4.69, 9.17) is 21.1 Å². The summed E-state index contributed by atoms with van der Waals surface area (Å²) in [7, 11) is 1.60. The van der Waals surface area contributed by atoms with Crippen molar-refractivity contribution in [1.82, 2.24) is 10.3 Å². The van der Waals surface area contributed by atoms with Crippen molar-refractivity contribution in [2.75, 3.05) is 38.2 Å². The standard InChI is InChI=1S/C12H16ClN3O2/c1-17-11-2-8(3-15-12(11)13)16-6-9-4-14-5-10(7-16)18-9/h2-3,9-10,14H,4-7H2,1H3. The van der Waals surface area contributed by atoms with Crippen LogP contribution in [0.2, 0.25) is 5.15 Å². The molecule has 2 atom stereocenters. The molecule has 3 rings (SSSR count). The summed E-state index contributed by atoms with van der Waals surface area (Å²) in [4.78, 5) is 6.44. The second kappa shape index (κ2) is 4.91. The van der Waals surface area contributed by atoms with Crippen LogP contribution < -0.4 is 15.0 Å². The minimum Gasteiger partial charge on any atom is -0.493 e. The van der Waals surface area contributed by atoms with Crippen LogP contribution in [0.3, 0.4) is 0 Å². The molecule has 0 aliphatic carbocycles. The molecule has 2 aliphatic heterocycles. The van der Waals surface area contributed by atoms with Crippen LogP contribution in [0.15, 0.2) is 12.3 Å². The zero-order valence-corrected chi connectivity index (χ0v) is 11.0. The van der Waals surface area contributed by atoms with E-state index >= 15 is 0 Å². The second-order valence-corrected chi connectivity index (χ2v) is 4.99. The Kier molecular flexibility index (Phi) is 3.28. The summed E-state index contributed by atoms with van der Waals surface area (Å²) in [6, 6.07) is 1.93. The van der Waals surface area contributed by atoms with Crippen LogP contribution >= 0.6 is 11.6 Å². The van der Waals surface area contributed by atoms with Crippen LogP contribution in [0.5, 0.6) is 5.75 Å². The summed E-state index contributed by atoms with van der Waals surface area (Å²) < 4.78 is 11.1. The Morgan fingerprint density at radius 3 is 2.83 bits per heavy atom.